The van der Waals surface area contributed by atoms with Crippen molar-refractivity contribution in [3.63, 3.8) is 0 Å². The Morgan fingerprint density at radius 1 is 0.765 bits per heavy atom. The maximum Gasteiger partial charge on any atom is 0.295 e. The molecule has 0 heterocycles. The van der Waals surface area contributed by atoms with E-state index in [4.69, 9.17) is 11.6 Å². The van der Waals surface area contributed by atoms with E-state index in [1.54, 1.807) is 18.2 Å². The molecular formula is C22H15ClN4O6S. The molecule has 0 saturated heterocycles. The van der Waals surface area contributed by atoms with Crippen LogP contribution in [0.5, 0.6) is 5.75 Å². The fourth-order valence-corrected chi connectivity index (χ4v) is 4.02. The van der Waals surface area contributed by atoms with E-state index in [0.717, 1.165) is 0 Å². The van der Waals surface area contributed by atoms with Crippen molar-refractivity contribution in [2.24, 2.45) is 10.2 Å². The van der Waals surface area contributed by atoms with Gasteiger partial charge in [0.1, 0.15) is 21.4 Å². The molecule has 0 radical (unpaired) electrons. The van der Waals surface area contributed by atoms with Crippen molar-refractivity contribution in [2.45, 2.75) is 4.90 Å². The highest BCUT2D eigenvalue weighted by molar-refractivity contribution is 7.86. The average Bonchev–Trinajstić information content (AvgIpc) is 2.80. The van der Waals surface area contributed by atoms with E-state index < -0.39 is 21.0 Å². The van der Waals surface area contributed by atoms with Crippen molar-refractivity contribution in [3.05, 3.63) is 103 Å². The molecule has 0 spiro atoms. The summed E-state index contributed by atoms with van der Waals surface area (Å²) in [7, 11) is -4.45. The Hall–Kier alpha value is -4.06. The Morgan fingerprint density at radius 2 is 1.35 bits per heavy atom. The van der Waals surface area contributed by atoms with Crippen molar-refractivity contribution in [1.82, 2.24) is 0 Å². The third-order valence-corrected chi connectivity index (χ3v) is 5.93. The van der Waals surface area contributed by atoms with Crippen LogP contribution in [0.15, 0.2) is 91.4 Å². The van der Waals surface area contributed by atoms with Crippen molar-refractivity contribution < 1.29 is 18.1 Å². The van der Waals surface area contributed by atoms with Crippen LogP contribution >= 0.6 is 11.6 Å². The molecule has 0 aliphatic heterocycles. The quantitative estimate of drug-likeness (QED) is 0.140. The first kappa shape index (κ1) is 23.1. The minimum absolute atomic E-state index is 0.147. The van der Waals surface area contributed by atoms with Crippen LogP contribution in [0.1, 0.15) is 0 Å². The number of nitrogens with one attached hydrogen (secondary N) is 2. The lowest BCUT2D eigenvalue weighted by Gasteiger charge is -2.08. The van der Waals surface area contributed by atoms with Crippen LogP contribution in [-0.2, 0) is 10.1 Å². The number of halogens is 1. The topological polar surface area (TPSA) is 158 Å². The van der Waals surface area contributed by atoms with Crippen LogP contribution in [-0.4, -0.2) is 18.1 Å². The van der Waals surface area contributed by atoms with Gasteiger partial charge in [-0.3, -0.25) is 25.0 Å². The standard InChI is InChI=1S/C22H15ClN4O6S/c23-12-5-9-19(28)18(11-12)27-26-17-7-6-16(21(29)22(17)30)25-24-15-8-10-20(34(31,32)33)14-4-2-1-3-13(14)15/h1-11,24,27-28H,(H,31,32,33)/b25-16+,26-17-. The third kappa shape index (κ3) is 4.66. The first-order chi connectivity index (χ1) is 16.1. The van der Waals surface area contributed by atoms with Crippen LogP contribution in [0.4, 0.5) is 11.4 Å². The van der Waals surface area contributed by atoms with E-state index in [2.05, 4.69) is 21.1 Å². The molecule has 0 amide bonds. The molecule has 34 heavy (non-hydrogen) atoms. The van der Waals surface area contributed by atoms with Gasteiger partial charge in [0.2, 0.25) is 0 Å². The van der Waals surface area contributed by atoms with Gasteiger partial charge >= 0.3 is 0 Å². The van der Waals surface area contributed by atoms with Gasteiger partial charge < -0.3 is 5.11 Å². The molecule has 0 aliphatic carbocycles. The molecule has 12 heteroatoms. The number of phenols is 1. The first-order valence-electron chi connectivity index (χ1n) is 9.57. The van der Waals surface area contributed by atoms with Gasteiger partial charge in [0.15, 0.2) is 0 Å². The molecule has 4 aromatic carbocycles. The zero-order chi connectivity index (χ0) is 24.5. The number of hydrogen-bond acceptors (Lipinski definition) is 9. The lowest BCUT2D eigenvalue weighted by molar-refractivity contribution is 0.477. The van der Waals surface area contributed by atoms with E-state index in [1.807, 2.05) is 0 Å². The molecule has 0 atom stereocenters. The highest BCUT2D eigenvalue weighted by atomic mass is 35.5. The number of aromatic hydroxyl groups is 1. The minimum Gasteiger partial charge on any atom is -0.506 e. The Balaban J connectivity index is 1.70. The van der Waals surface area contributed by atoms with E-state index in [0.29, 0.717) is 16.1 Å². The largest absolute Gasteiger partial charge is 0.506 e. The normalized spacial score (nSPS) is 12.8. The van der Waals surface area contributed by atoms with Crippen molar-refractivity contribution in [2.75, 3.05) is 10.9 Å². The monoisotopic (exact) mass is 498 g/mol. The van der Waals surface area contributed by atoms with Crippen LogP contribution in [0, 0.1) is 0 Å². The third-order valence-electron chi connectivity index (χ3n) is 4.78. The molecule has 0 unspecified atom stereocenters. The molecule has 0 fully saturated rings. The highest BCUT2D eigenvalue weighted by Crippen LogP contribution is 2.29. The van der Waals surface area contributed by atoms with E-state index >= 15 is 0 Å². The van der Waals surface area contributed by atoms with Gasteiger partial charge in [-0.25, -0.2) is 0 Å². The van der Waals surface area contributed by atoms with Crippen molar-refractivity contribution in [3.8, 4) is 5.75 Å². The fraction of sp³-hybridized carbons (Fsp3) is 0. The Labute approximate surface area is 196 Å². The summed E-state index contributed by atoms with van der Waals surface area (Å²) < 4.78 is 32.7. The second kappa shape index (κ2) is 9.06. The van der Waals surface area contributed by atoms with Gasteiger partial charge in [-0.15, -0.1) is 0 Å². The van der Waals surface area contributed by atoms with Gasteiger partial charge in [0, 0.05) is 15.8 Å². The highest BCUT2D eigenvalue weighted by Gasteiger charge is 2.15. The molecule has 4 N–H and O–H groups in total. The van der Waals surface area contributed by atoms with Gasteiger partial charge in [-0.2, -0.15) is 18.6 Å². The smallest absolute Gasteiger partial charge is 0.295 e. The minimum atomic E-state index is -4.45. The maximum absolute atomic E-state index is 12.5. The number of fused-ring (bicyclic) bond motifs is 1. The number of benzene rings is 4. The number of nitrogens with zero attached hydrogens (tertiary/aromatic N) is 2. The summed E-state index contributed by atoms with van der Waals surface area (Å²) in [5.74, 6) is -0.147. The molecule has 172 valence electrons. The van der Waals surface area contributed by atoms with Crippen molar-refractivity contribution in [1.29, 1.82) is 0 Å². The number of anilines is 2. The molecule has 0 saturated carbocycles. The molecule has 0 aliphatic rings. The summed E-state index contributed by atoms with van der Waals surface area (Å²) in [5.41, 5.74) is 3.79. The van der Waals surface area contributed by atoms with Crippen LogP contribution in [0.2, 0.25) is 5.02 Å². The second-order valence-corrected chi connectivity index (χ2v) is 8.83. The van der Waals surface area contributed by atoms with Gasteiger partial charge in [-0.05, 0) is 42.5 Å². The van der Waals surface area contributed by atoms with Crippen LogP contribution in [0.25, 0.3) is 10.8 Å². The number of phenolic OH excluding ortho intramolecular Hbond substituents is 1. The van der Waals surface area contributed by atoms with Crippen LogP contribution in [0.3, 0.4) is 0 Å². The fourth-order valence-electron chi connectivity index (χ4n) is 3.15. The molecule has 0 aromatic heterocycles. The summed E-state index contributed by atoms with van der Waals surface area (Å²) in [5, 5.41) is 18.2. The predicted octanol–water partition coefficient (Wildman–Crippen LogP) is 1.90. The lowest BCUT2D eigenvalue weighted by Crippen LogP contribution is -2.47. The summed E-state index contributed by atoms with van der Waals surface area (Å²) >= 11 is 5.86. The summed E-state index contributed by atoms with van der Waals surface area (Å²) in [6.45, 7) is 0. The Morgan fingerprint density at radius 3 is 1.97 bits per heavy atom. The molecule has 4 aromatic rings. The van der Waals surface area contributed by atoms with Crippen LogP contribution < -0.4 is 32.4 Å². The average molecular weight is 499 g/mol. The molecule has 4 rings (SSSR count). The SMILES string of the molecule is O=c1c(=O)/c(=N/Nc2ccc(S(=O)(=O)O)c3ccccc23)cc/c1=N/Nc1cc(Cl)ccc1O. The summed E-state index contributed by atoms with van der Waals surface area (Å²) in [6, 6.07) is 15.7. The van der Waals surface area contributed by atoms with Gasteiger partial charge in [0.25, 0.3) is 21.0 Å². The summed E-state index contributed by atoms with van der Waals surface area (Å²) in [6.07, 6.45) is 0. The zero-order valence-corrected chi connectivity index (χ0v) is 18.6. The van der Waals surface area contributed by atoms with E-state index in [1.165, 1.54) is 48.5 Å². The Kier molecular flexibility index (Phi) is 6.16. The molecule has 0 bridgehead atoms. The molecule has 10 nitrogen and oxygen atoms in total. The number of hydrogen-bond donors (Lipinski definition) is 4. The second-order valence-electron chi connectivity index (χ2n) is 7.00. The van der Waals surface area contributed by atoms with Gasteiger partial charge in [0.05, 0.1) is 11.4 Å². The predicted molar refractivity (Wildman–Crippen MR) is 127 cm³/mol. The molecular weight excluding hydrogens is 484 g/mol. The number of rotatable bonds is 5. The maximum atomic E-state index is 12.5. The van der Waals surface area contributed by atoms with Crippen molar-refractivity contribution >= 4 is 43.9 Å². The lowest BCUT2D eigenvalue weighted by atomic mass is 10.1. The zero-order valence-electron chi connectivity index (χ0n) is 17.1. The van der Waals surface area contributed by atoms with E-state index in [-0.39, 0.29) is 32.4 Å². The first-order valence-corrected chi connectivity index (χ1v) is 11.4. The van der Waals surface area contributed by atoms with E-state index in [9.17, 15) is 27.7 Å². The Bertz CT molecular complexity index is 1760. The summed E-state index contributed by atoms with van der Waals surface area (Å²) in [4.78, 5) is 24.6. The van der Waals surface area contributed by atoms with Gasteiger partial charge in [-0.1, -0.05) is 35.9 Å².